The van der Waals surface area contributed by atoms with Gasteiger partial charge in [-0.05, 0) is 78.7 Å². The van der Waals surface area contributed by atoms with E-state index in [0.717, 1.165) is 66.3 Å². The van der Waals surface area contributed by atoms with E-state index in [1.54, 1.807) is 0 Å². The maximum absolute atomic E-state index is 7.08. The monoisotopic (exact) mass is 803 g/mol. The van der Waals surface area contributed by atoms with Crippen LogP contribution in [0.5, 0.6) is 0 Å². The van der Waals surface area contributed by atoms with Crippen molar-refractivity contribution in [3.05, 3.63) is 224 Å². The highest BCUT2D eigenvalue weighted by molar-refractivity contribution is 6.19. The van der Waals surface area contributed by atoms with Gasteiger partial charge in [0.05, 0.1) is 0 Å². The second kappa shape index (κ2) is 15.2. The van der Waals surface area contributed by atoms with E-state index in [1.807, 2.05) is 66.7 Å². The SMILES string of the molecule is c1ccc(-c2nc(-c3ccccc3)nc(-c3cccc4oc5c(-c6ccc(-c7ccccc7)c7ccccc67)cc(-c6ccc(-c7ccccc7)c7ccccc67)cc5c34)n2)cc1. The summed E-state index contributed by atoms with van der Waals surface area (Å²) in [4.78, 5) is 15.4. The van der Waals surface area contributed by atoms with E-state index in [2.05, 4.69) is 158 Å². The summed E-state index contributed by atoms with van der Waals surface area (Å²) >= 11 is 0. The Morgan fingerprint density at radius 2 is 0.667 bits per heavy atom. The zero-order chi connectivity index (χ0) is 41.7. The van der Waals surface area contributed by atoms with Crippen LogP contribution < -0.4 is 0 Å². The third kappa shape index (κ3) is 6.36. The molecule has 0 aliphatic heterocycles. The summed E-state index contributed by atoms with van der Waals surface area (Å²) in [6.07, 6.45) is 0. The molecule has 0 aliphatic rings. The van der Waals surface area contributed by atoms with Crippen molar-refractivity contribution in [3.8, 4) is 78.7 Å². The van der Waals surface area contributed by atoms with Gasteiger partial charge in [-0.15, -0.1) is 0 Å². The molecule has 0 saturated carbocycles. The second-order valence-electron chi connectivity index (χ2n) is 15.9. The molecular weight excluding hydrogens is 767 g/mol. The van der Waals surface area contributed by atoms with Crippen molar-refractivity contribution < 1.29 is 4.42 Å². The van der Waals surface area contributed by atoms with E-state index in [0.29, 0.717) is 17.5 Å². The van der Waals surface area contributed by atoms with E-state index in [9.17, 15) is 0 Å². The smallest absolute Gasteiger partial charge is 0.164 e. The lowest BCUT2D eigenvalue weighted by Gasteiger charge is -2.16. The summed E-state index contributed by atoms with van der Waals surface area (Å²) in [5.41, 5.74) is 13.4. The lowest BCUT2D eigenvalue weighted by Crippen LogP contribution is -2.00. The quantitative estimate of drug-likeness (QED) is 0.161. The zero-order valence-electron chi connectivity index (χ0n) is 34.1. The fourth-order valence-corrected chi connectivity index (χ4v) is 9.22. The third-order valence-corrected chi connectivity index (χ3v) is 12.2. The molecule has 12 aromatic rings. The molecule has 0 N–H and O–H groups in total. The largest absolute Gasteiger partial charge is 0.455 e. The fraction of sp³-hybridized carbons (Fsp3) is 0. The molecule has 0 spiro atoms. The average molecular weight is 804 g/mol. The van der Waals surface area contributed by atoms with Crippen LogP contribution in [0, 0.1) is 0 Å². The lowest BCUT2D eigenvalue weighted by molar-refractivity contribution is 0.670. The minimum absolute atomic E-state index is 0.582. The number of aromatic nitrogens is 3. The first-order valence-corrected chi connectivity index (χ1v) is 21.3. The van der Waals surface area contributed by atoms with Crippen molar-refractivity contribution in [2.24, 2.45) is 0 Å². The molecule has 12 rings (SSSR count). The van der Waals surface area contributed by atoms with Crippen LogP contribution in [-0.4, -0.2) is 15.0 Å². The molecule has 2 heterocycles. The molecular formula is C59H37N3O. The van der Waals surface area contributed by atoms with E-state index < -0.39 is 0 Å². The number of benzene rings is 10. The van der Waals surface area contributed by atoms with Gasteiger partial charge in [0.15, 0.2) is 17.5 Å². The number of furan rings is 1. The van der Waals surface area contributed by atoms with Crippen LogP contribution in [0.15, 0.2) is 229 Å². The van der Waals surface area contributed by atoms with Gasteiger partial charge in [-0.1, -0.05) is 206 Å². The van der Waals surface area contributed by atoms with Crippen LogP contribution >= 0.6 is 0 Å². The number of rotatable bonds is 7. The lowest BCUT2D eigenvalue weighted by atomic mass is 9.87. The summed E-state index contributed by atoms with van der Waals surface area (Å²) in [6, 6.07) is 78.8. The first-order chi connectivity index (χ1) is 31.2. The molecule has 294 valence electrons. The number of hydrogen-bond acceptors (Lipinski definition) is 4. The maximum Gasteiger partial charge on any atom is 0.164 e. The van der Waals surface area contributed by atoms with Gasteiger partial charge in [0, 0.05) is 33.0 Å². The molecule has 0 amide bonds. The van der Waals surface area contributed by atoms with Gasteiger partial charge >= 0.3 is 0 Å². The summed E-state index contributed by atoms with van der Waals surface area (Å²) in [5.74, 6) is 1.81. The van der Waals surface area contributed by atoms with Crippen LogP contribution in [-0.2, 0) is 0 Å². The average Bonchev–Trinajstić information content (AvgIpc) is 3.75. The minimum atomic E-state index is 0.582. The zero-order valence-corrected chi connectivity index (χ0v) is 34.1. The van der Waals surface area contributed by atoms with Crippen molar-refractivity contribution in [2.45, 2.75) is 0 Å². The highest BCUT2D eigenvalue weighted by atomic mass is 16.3. The highest BCUT2D eigenvalue weighted by Crippen LogP contribution is 2.47. The summed E-state index contributed by atoms with van der Waals surface area (Å²) in [5, 5.41) is 6.66. The highest BCUT2D eigenvalue weighted by Gasteiger charge is 2.23. The molecule has 0 radical (unpaired) electrons. The van der Waals surface area contributed by atoms with E-state index in [1.165, 1.54) is 38.4 Å². The molecule has 10 aromatic carbocycles. The molecule has 4 heteroatoms. The molecule has 63 heavy (non-hydrogen) atoms. The van der Waals surface area contributed by atoms with Crippen LogP contribution in [0.1, 0.15) is 0 Å². The Hall–Kier alpha value is -8.47. The van der Waals surface area contributed by atoms with Gasteiger partial charge in [-0.2, -0.15) is 0 Å². The van der Waals surface area contributed by atoms with Crippen LogP contribution in [0.3, 0.4) is 0 Å². The summed E-state index contributed by atoms with van der Waals surface area (Å²) < 4.78 is 7.08. The van der Waals surface area contributed by atoms with E-state index >= 15 is 0 Å². The predicted molar refractivity (Wildman–Crippen MR) is 260 cm³/mol. The Labute approximate surface area is 364 Å². The Bertz CT molecular complexity index is 3600. The van der Waals surface area contributed by atoms with Gasteiger partial charge in [0.1, 0.15) is 11.2 Å². The molecule has 0 fully saturated rings. The predicted octanol–water partition coefficient (Wildman–Crippen LogP) is 15.7. The van der Waals surface area contributed by atoms with Crippen LogP contribution in [0.25, 0.3) is 122 Å². The Kier molecular flexibility index (Phi) is 8.79. The summed E-state index contributed by atoms with van der Waals surface area (Å²) in [7, 11) is 0. The van der Waals surface area contributed by atoms with Crippen LogP contribution in [0.4, 0.5) is 0 Å². The van der Waals surface area contributed by atoms with Crippen molar-refractivity contribution in [2.75, 3.05) is 0 Å². The summed E-state index contributed by atoms with van der Waals surface area (Å²) in [6.45, 7) is 0. The van der Waals surface area contributed by atoms with E-state index in [-0.39, 0.29) is 0 Å². The normalized spacial score (nSPS) is 11.5. The molecule has 0 bridgehead atoms. The van der Waals surface area contributed by atoms with Gasteiger partial charge < -0.3 is 4.42 Å². The van der Waals surface area contributed by atoms with Crippen molar-refractivity contribution in [1.29, 1.82) is 0 Å². The molecule has 2 aromatic heterocycles. The Morgan fingerprint density at radius 1 is 0.254 bits per heavy atom. The number of fused-ring (bicyclic) bond motifs is 5. The second-order valence-corrected chi connectivity index (χ2v) is 15.9. The molecule has 0 atom stereocenters. The van der Waals surface area contributed by atoms with Gasteiger partial charge in [-0.3, -0.25) is 0 Å². The van der Waals surface area contributed by atoms with E-state index in [4.69, 9.17) is 19.4 Å². The van der Waals surface area contributed by atoms with Crippen molar-refractivity contribution >= 4 is 43.5 Å². The molecule has 0 aliphatic carbocycles. The first-order valence-electron chi connectivity index (χ1n) is 21.3. The van der Waals surface area contributed by atoms with Gasteiger partial charge in [0.2, 0.25) is 0 Å². The standard InChI is InChI=1S/C59H37N3O/c1-5-18-38(19-6-1)43-32-33-45(48-28-14-13-26-46(43)48)42-36-52(50-35-34-44(39-20-7-2-8-21-39)47-27-15-16-29-49(47)50)56-53(37-42)55-51(30-17-31-54(55)63-56)59-61-57(40-22-9-3-10-23-40)60-58(62-59)41-24-11-4-12-25-41/h1-37H. The fourth-order valence-electron chi connectivity index (χ4n) is 9.22. The number of nitrogens with zero attached hydrogens (tertiary/aromatic N) is 3. The molecule has 0 unspecified atom stereocenters. The van der Waals surface area contributed by atoms with Gasteiger partial charge in [0.25, 0.3) is 0 Å². The topological polar surface area (TPSA) is 51.8 Å². The first kappa shape index (κ1) is 36.4. The third-order valence-electron chi connectivity index (χ3n) is 12.2. The van der Waals surface area contributed by atoms with Crippen molar-refractivity contribution in [1.82, 2.24) is 15.0 Å². The maximum atomic E-state index is 7.08. The Balaban J connectivity index is 1.16. The molecule has 0 saturated heterocycles. The van der Waals surface area contributed by atoms with Gasteiger partial charge in [-0.25, -0.2) is 15.0 Å². The Morgan fingerprint density at radius 3 is 1.17 bits per heavy atom. The van der Waals surface area contributed by atoms with Crippen LogP contribution in [0.2, 0.25) is 0 Å². The van der Waals surface area contributed by atoms with Crippen molar-refractivity contribution in [3.63, 3.8) is 0 Å². The minimum Gasteiger partial charge on any atom is -0.455 e. The number of hydrogen-bond donors (Lipinski definition) is 0. The molecule has 4 nitrogen and oxygen atoms in total.